The van der Waals surface area contributed by atoms with Crippen molar-refractivity contribution in [1.82, 2.24) is 25.0 Å². The van der Waals surface area contributed by atoms with Crippen molar-refractivity contribution >= 4 is 33.2 Å². The Hall–Kier alpha value is -3.06. The summed E-state index contributed by atoms with van der Waals surface area (Å²) in [5.74, 6) is 0.547. The second kappa shape index (κ2) is 6.10. The fourth-order valence-corrected chi connectivity index (χ4v) is 3.39. The number of nitrogens with zero attached hydrogens (tertiary/aromatic N) is 4. The molecule has 0 radical (unpaired) electrons. The summed E-state index contributed by atoms with van der Waals surface area (Å²) in [6.45, 7) is 3.92. The number of hydrogen-bond donors (Lipinski definition) is 1. The van der Waals surface area contributed by atoms with E-state index < -0.39 is 0 Å². The van der Waals surface area contributed by atoms with Gasteiger partial charge in [-0.1, -0.05) is 23.4 Å². The first kappa shape index (κ1) is 15.5. The number of thiophene rings is 1. The van der Waals surface area contributed by atoms with E-state index in [0.717, 1.165) is 21.7 Å². The lowest BCUT2D eigenvalue weighted by Crippen LogP contribution is -2.09. The summed E-state index contributed by atoms with van der Waals surface area (Å²) in [5, 5.41) is 10.9. The molecule has 0 fully saturated rings. The van der Waals surface area contributed by atoms with Gasteiger partial charge in [-0.15, -0.1) is 16.4 Å². The molecule has 3 aromatic heterocycles. The SMILES string of the molecule is CC(=Cc1cn(-c2ccccc2C)nn1)c1nc2sccc2c(=O)[nH]1. The highest BCUT2D eigenvalue weighted by Gasteiger charge is 2.08. The molecule has 6 nitrogen and oxygen atoms in total. The van der Waals surface area contributed by atoms with Crippen molar-refractivity contribution in [3.8, 4) is 5.69 Å². The van der Waals surface area contributed by atoms with Crippen molar-refractivity contribution in [2.75, 3.05) is 0 Å². The van der Waals surface area contributed by atoms with Crippen LogP contribution >= 0.6 is 11.3 Å². The zero-order valence-electron chi connectivity index (χ0n) is 13.7. The lowest BCUT2D eigenvalue weighted by atomic mass is 10.2. The maximum atomic E-state index is 12.1. The average Bonchev–Trinajstić information content (AvgIpc) is 3.24. The zero-order chi connectivity index (χ0) is 17.4. The zero-order valence-corrected chi connectivity index (χ0v) is 14.5. The van der Waals surface area contributed by atoms with Crippen molar-refractivity contribution in [2.45, 2.75) is 13.8 Å². The molecule has 0 aliphatic heterocycles. The minimum Gasteiger partial charge on any atom is -0.306 e. The number of aromatic nitrogens is 5. The van der Waals surface area contributed by atoms with Gasteiger partial charge in [-0.05, 0) is 48.6 Å². The van der Waals surface area contributed by atoms with Gasteiger partial charge in [0.2, 0.25) is 0 Å². The Morgan fingerprint density at radius 2 is 2.12 bits per heavy atom. The van der Waals surface area contributed by atoms with E-state index in [-0.39, 0.29) is 5.56 Å². The summed E-state index contributed by atoms with van der Waals surface area (Å²) in [6.07, 6.45) is 3.72. The molecule has 4 rings (SSSR count). The van der Waals surface area contributed by atoms with E-state index in [1.165, 1.54) is 11.3 Å². The van der Waals surface area contributed by atoms with Crippen molar-refractivity contribution in [2.24, 2.45) is 0 Å². The Morgan fingerprint density at radius 3 is 2.96 bits per heavy atom. The van der Waals surface area contributed by atoms with Gasteiger partial charge in [-0.25, -0.2) is 9.67 Å². The maximum absolute atomic E-state index is 12.1. The Morgan fingerprint density at radius 1 is 1.28 bits per heavy atom. The molecular weight excluding hydrogens is 334 g/mol. The van der Waals surface area contributed by atoms with E-state index in [9.17, 15) is 4.79 Å². The number of para-hydroxylation sites is 1. The van der Waals surface area contributed by atoms with Crippen LogP contribution in [0.3, 0.4) is 0 Å². The van der Waals surface area contributed by atoms with Gasteiger partial charge < -0.3 is 4.98 Å². The lowest BCUT2D eigenvalue weighted by Gasteiger charge is -2.03. The largest absolute Gasteiger partial charge is 0.306 e. The number of aromatic amines is 1. The fraction of sp³-hybridized carbons (Fsp3) is 0.111. The van der Waals surface area contributed by atoms with Crippen molar-refractivity contribution < 1.29 is 0 Å². The molecular formula is C18H15N5OS. The summed E-state index contributed by atoms with van der Waals surface area (Å²) in [4.78, 5) is 20.2. The van der Waals surface area contributed by atoms with Gasteiger partial charge in [-0.2, -0.15) is 0 Å². The Labute approximate surface area is 147 Å². The lowest BCUT2D eigenvalue weighted by molar-refractivity contribution is 0.798. The molecule has 1 N–H and O–H groups in total. The van der Waals surface area contributed by atoms with Crippen LogP contribution in [0.5, 0.6) is 0 Å². The maximum Gasteiger partial charge on any atom is 0.259 e. The predicted molar refractivity (Wildman–Crippen MR) is 99.9 cm³/mol. The van der Waals surface area contributed by atoms with E-state index >= 15 is 0 Å². The van der Waals surface area contributed by atoms with Gasteiger partial charge in [0, 0.05) is 0 Å². The fourth-order valence-electron chi connectivity index (χ4n) is 2.62. The van der Waals surface area contributed by atoms with Crippen LogP contribution in [0.4, 0.5) is 0 Å². The number of H-pyrrole nitrogens is 1. The van der Waals surface area contributed by atoms with Gasteiger partial charge in [0.15, 0.2) is 0 Å². The number of nitrogens with one attached hydrogen (secondary N) is 1. The average molecular weight is 349 g/mol. The second-order valence-corrected chi connectivity index (χ2v) is 6.65. The first-order valence-corrected chi connectivity index (χ1v) is 8.64. The van der Waals surface area contributed by atoms with Crippen LogP contribution in [-0.2, 0) is 0 Å². The molecule has 0 atom stereocenters. The monoisotopic (exact) mass is 349 g/mol. The molecule has 0 spiro atoms. The number of allylic oxidation sites excluding steroid dienone is 1. The molecule has 4 aromatic rings. The normalized spacial score (nSPS) is 12.0. The van der Waals surface area contributed by atoms with Crippen molar-refractivity contribution in [3.63, 3.8) is 0 Å². The minimum absolute atomic E-state index is 0.127. The van der Waals surface area contributed by atoms with E-state index in [1.807, 2.05) is 55.8 Å². The van der Waals surface area contributed by atoms with E-state index in [0.29, 0.717) is 16.9 Å². The number of aryl methyl sites for hydroxylation is 1. The molecule has 0 saturated carbocycles. The third-order valence-electron chi connectivity index (χ3n) is 3.95. The van der Waals surface area contributed by atoms with Gasteiger partial charge in [-0.3, -0.25) is 4.79 Å². The standard InChI is InChI=1S/C18H15N5OS/c1-11-5-3-4-6-15(11)23-10-13(21-22-23)9-12(2)16-19-17(24)14-7-8-25-18(14)20-16/h3-10H,1-2H3,(H,19,20,24). The number of benzene rings is 1. The molecule has 1 aromatic carbocycles. The van der Waals surface area contributed by atoms with E-state index in [2.05, 4.69) is 20.3 Å². The summed E-state index contributed by atoms with van der Waals surface area (Å²) < 4.78 is 1.74. The molecule has 0 aliphatic rings. The number of hydrogen-bond acceptors (Lipinski definition) is 5. The summed E-state index contributed by atoms with van der Waals surface area (Å²) in [7, 11) is 0. The quantitative estimate of drug-likeness (QED) is 0.615. The van der Waals surface area contributed by atoms with Crippen LogP contribution in [0.1, 0.15) is 24.0 Å². The van der Waals surface area contributed by atoms with Crippen molar-refractivity contribution in [3.05, 3.63) is 69.3 Å². The molecule has 0 saturated heterocycles. The third kappa shape index (κ3) is 2.89. The summed E-state index contributed by atoms with van der Waals surface area (Å²) >= 11 is 1.45. The number of rotatable bonds is 3. The van der Waals surface area contributed by atoms with Crippen LogP contribution in [0, 0.1) is 6.92 Å². The molecule has 0 unspecified atom stereocenters. The summed E-state index contributed by atoms with van der Waals surface area (Å²) in [5.41, 5.74) is 3.50. The second-order valence-electron chi connectivity index (χ2n) is 5.76. The van der Waals surface area contributed by atoms with Gasteiger partial charge >= 0.3 is 0 Å². The molecule has 0 bridgehead atoms. The Kier molecular flexibility index (Phi) is 3.77. The highest BCUT2D eigenvalue weighted by molar-refractivity contribution is 7.16. The molecule has 3 heterocycles. The van der Waals surface area contributed by atoms with Crippen LogP contribution in [0.2, 0.25) is 0 Å². The van der Waals surface area contributed by atoms with Crippen LogP contribution in [0.15, 0.2) is 46.7 Å². The van der Waals surface area contributed by atoms with E-state index in [1.54, 1.807) is 10.7 Å². The first-order chi connectivity index (χ1) is 12.1. The molecule has 124 valence electrons. The van der Waals surface area contributed by atoms with Gasteiger partial charge in [0.25, 0.3) is 5.56 Å². The Bertz CT molecular complexity index is 1150. The molecule has 25 heavy (non-hydrogen) atoms. The van der Waals surface area contributed by atoms with Crippen molar-refractivity contribution in [1.29, 1.82) is 0 Å². The van der Waals surface area contributed by atoms with Gasteiger partial charge in [0.1, 0.15) is 16.3 Å². The topological polar surface area (TPSA) is 76.5 Å². The predicted octanol–water partition coefficient (Wildman–Crippen LogP) is 3.43. The van der Waals surface area contributed by atoms with Gasteiger partial charge in [0.05, 0.1) is 17.3 Å². The smallest absolute Gasteiger partial charge is 0.259 e. The van der Waals surface area contributed by atoms with Crippen LogP contribution < -0.4 is 5.56 Å². The third-order valence-corrected chi connectivity index (χ3v) is 4.75. The minimum atomic E-state index is -0.127. The van der Waals surface area contributed by atoms with Crippen LogP contribution in [0.25, 0.3) is 27.6 Å². The molecule has 7 heteroatoms. The first-order valence-electron chi connectivity index (χ1n) is 7.76. The highest BCUT2D eigenvalue weighted by atomic mass is 32.1. The summed E-state index contributed by atoms with van der Waals surface area (Å²) in [6, 6.07) is 9.76. The van der Waals surface area contributed by atoms with E-state index in [4.69, 9.17) is 0 Å². The highest BCUT2D eigenvalue weighted by Crippen LogP contribution is 2.19. The Balaban J connectivity index is 1.70. The number of fused-ring (bicyclic) bond motifs is 1. The molecule has 0 amide bonds. The molecule has 0 aliphatic carbocycles. The van der Waals surface area contributed by atoms with Crippen LogP contribution in [-0.4, -0.2) is 25.0 Å².